The van der Waals surface area contributed by atoms with Crippen LogP contribution in [0.4, 0.5) is 23.7 Å². The molecule has 3 N–H and O–H groups in total. The van der Waals surface area contributed by atoms with Crippen LogP contribution >= 0.6 is 0 Å². The van der Waals surface area contributed by atoms with Crippen LogP contribution in [0.2, 0.25) is 0 Å². The number of imidazole rings is 1. The Kier molecular flexibility index (Phi) is 8.90. The molecule has 13 heteroatoms. The summed E-state index contributed by atoms with van der Waals surface area (Å²) >= 11 is 0. The number of rotatable bonds is 6. The van der Waals surface area contributed by atoms with Crippen LogP contribution in [0, 0.1) is 0 Å². The van der Waals surface area contributed by atoms with Crippen LogP contribution < -0.4 is 10.6 Å². The molecule has 0 radical (unpaired) electrons. The highest BCUT2D eigenvalue weighted by Gasteiger charge is 2.40. The lowest BCUT2D eigenvalue weighted by molar-refractivity contribution is -0.149. The number of carbonyl (C=O) groups is 2. The fourth-order valence-electron chi connectivity index (χ4n) is 4.72. The van der Waals surface area contributed by atoms with E-state index in [2.05, 4.69) is 15.6 Å². The third kappa shape index (κ3) is 7.45. The predicted molar refractivity (Wildman–Crippen MR) is 130 cm³/mol. The van der Waals surface area contributed by atoms with Gasteiger partial charge >= 0.3 is 12.2 Å². The molecule has 3 heterocycles. The molecule has 38 heavy (non-hydrogen) atoms. The molecule has 2 aliphatic heterocycles. The highest BCUT2D eigenvalue weighted by Crippen LogP contribution is 2.31. The summed E-state index contributed by atoms with van der Waals surface area (Å²) in [5, 5.41) is 15.8. The molecule has 2 fully saturated rings. The van der Waals surface area contributed by atoms with Crippen LogP contribution in [-0.2, 0) is 33.9 Å². The standard InChI is InChI=1S/C25H32F3N5O5/c1-32-11-18(30-15-32)8-9-29-23(35)10-20-6-7-21-22(38-20)14-37-13-19(34)12-33(21)24(36)31-17-4-2-16(3-5-17)25(26,27)28/h2-5,11,15,19-22,34H,6-10,12-14H2,1H3,(H,29,35)(H,31,36)/t19-,20+,21-,22+/m0/s1. The number of anilines is 1. The minimum Gasteiger partial charge on any atom is -0.389 e. The summed E-state index contributed by atoms with van der Waals surface area (Å²) in [5.41, 5.74) is 0.263. The number of fused-ring (bicyclic) bond motifs is 1. The van der Waals surface area contributed by atoms with Crippen LogP contribution in [0.25, 0.3) is 0 Å². The second-order valence-corrected chi connectivity index (χ2v) is 9.62. The zero-order chi connectivity index (χ0) is 27.3. The zero-order valence-electron chi connectivity index (χ0n) is 21.0. The Balaban J connectivity index is 1.33. The van der Waals surface area contributed by atoms with E-state index in [-0.39, 0.29) is 43.9 Å². The van der Waals surface area contributed by atoms with Crippen molar-refractivity contribution in [1.29, 1.82) is 0 Å². The molecule has 4 atom stereocenters. The molecule has 2 saturated heterocycles. The summed E-state index contributed by atoms with van der Waals surface area (Å²) < 4.78 is 52.1. The van der Waals surface area contributed by atoms with Gasteiger partial charge in [-0.3, -0.25) is 4.79 Å². The first-order valence-electron chi connectivity index (χ1n) is 12.5. The molecule has 0 spiro atoms. The molecule has 2 aromatic rings. The lowest BCUT2D eigenvalue weighted by Gasteiger charge is -2.44. The fraction of sp³-hybridized carbons (Fsp3) is 0.560. The van der Waals surface area contributed by atoms with Gasteiger partial charge in [0.2, 0.25) is 5.91 Å². The molecule has 1 aromatic carbocycles. The second-order valence-electron chi connectivity index (χ2n) is 9.62. The number of hydrogen-bond donors (Lipinski definition) is 3. The van der Waals surface area contributed by atoms with Gasteiger partial charge in [0.15, 0.2) is 0 Å². The summed E-state index contributed by atoms with van der Waals surface area (Å²) in [7, 11) is 1.88. The minimum atomic E-state index is -4.48. The lowest BCUT2D eigenvalue weighted by Crippen LogP contribution is -2.58. The molecule has 0 unspecified atom stereocenters. The number of urea groups is 1. The lowest BCUT2D eigenvalue weighted by atomic mass is 9.95. The third-order valence-corrected chi connectivity index (χ3v) is 6.58. The number of alkyl halides is 3. The van der Waals surface area contributed by atoms with E-state index in [1.165, 1.54) is 17.0 Å². The van der Waals surface area contributed by atoms with E-state index >= 15 is 0 Å². The van der Waals surface area contributed by atoms with Gasteiger partial charge in [-0.2, -0.15) is 13.2 Å². The maximum absolute atomic E-state index is 13.1. The van der Waals surface area contributed by atoms with Crippen LogP contribution in [0.1, 0.15) is 30.5 Å². The molecule has 2 aliphatic rings. The maximum Gasteiger partial charge on any atom is 0.416 e. The summed E-state index contributed by atoms with van der Waals surface area (Å²) in [6.07, 6.45) is -0.921. The first-order valence-corrected chi connectivity index (χ1v) is 12.5. The van der Waals surface area contributed by atoms with Gasteiger partial charge < -0.3 is 34.7 Å². The SMILES string of the molecule is Cn1cnc(CCNC(=O)C[C@H]2CC[C@H]3[C@@H](COC[C@@H](O)CN3C(=O)Nc3ccc(C(F)(F)F)cc3)O2)c1. The summed E-state index contributed by atoms with van der Waals surface area (Å²) in [6.45, 7) is 0.544. The average Bonchev–Trinajstić information content (AvgIpc) is 3.26. The Morgan fingerprint density at radius 3 is 2.63 bits per heavy atom. The van der Waals surface area contributed by atoms with E-state index in [1.54, 1.807) is 6.33 Å². The molecule has 0 aliphatic carbocycles. The Morgan fingerprint density at radius 2 is 1.95 bits per heavy atom. The molecule has 3 amide bonds. The molecule has 10 nitrogen and oxygen atoms in total. The van der Waals surface area contributed by atoms with E-state index < -0.39 is 36.0 Å². The van der Waals surface area contributed by atoms with Gasteiger partial charge in [0, 0.05) is 31.9 Å². The van der Waals surface area contributed by atoms with Crippen molar-refractivity contribution in [2.75, 3.05) is 31.6 Å². The Labute approximate surface area is 218 Å². The number of ether oxygens (including phenoxy) is 2. The van der Waals surface area contributed by atoms with Gasteiger partial charge in [0.25, 0.3) is 0 Å². The topological polar surface area (TPSA) is 118 Å². The first kappa shape index (κ1) is 27.9. The Hall–Kier alpha value is -3.16. The van der Waals surface area contributed by atoms with Gasteiger partial charge in [0.05, 0.1) is 62.0 Å². The van der Waals surface area contributed by atoms with Crippen molar-refractivity contribution in [2.24, 2.45) is 7.05 Å². The number of aryl methyl sites for hydroxylation is 1. The maximum atomic E-state index is 13.1. The van der Waals surface area contributed by atoms with E-state index in [9.17, 15) is 27.9 Å². The van der Waals surface area contributed by atoms with Crippen molar-refractivity contribution in [3.05, 3.63) is 48.0 Å². The molecular formula is C25H32F3N5O5. The van der Waals surface area contributed by atoms with Gasteiger partial charge in [0.1, 0.15) is 6.10 Å². The van der Waals surface area contributed by atoms with Crippen molar-refractivity contribution in [3.63, 3.8) is 0 Å². The largest absolute Gasteiger partial charge is 0.416 e. The normalized spacial score (nSPS) is 24.2. The number of amides is 3. The van der Waals surface area contributed by atoms with Gasteiger partial charge in [-0.15, -0.1) is 0 Å². The number of hydrogen-bond acceptors (Lipinski definition) is 6. The fourth-order valence-corrected chi connectivity index (χ4v) is 4.72. The van der Waals surface area contributed by atoms with Crippen molar-refractivity contribution in [1.82, 2.24) is 19.8 Å². The van der Waals surface area contributed by atoms with E-state index in [0.717, 1.165) is 17.8 Å². The minimum absolute atomic E-state index is 0.00465. The predicted octanol–water partition coefficient (Wildman–Crippen LogP) is 2.33. The van der Waals surface area contributed by atoms with Crippen LogP contribution in [0.5, 0.6) is 0 Å². The average molecular weight is 540 g/mol. The van der Waals surface area contributed by atoms with E-state index in [0.29, 0.717) is 25.8 Å². The van der Waals surface area contributed by atoms with Crippen molar-refractivity contribution >= 4 is 17.6 Å². The molecule has 1 aromatic heterocycles. The molecule has 0 saturated carbocycles. The quantitative estimate of drug-likeness (QED) is 0.519. The van der Waals surface area contributed by atoms with E-state index in [1.807, 2.05) is 17.8 Å². The Morgan fingerprint density at radius 1 is 1.18 bits per heavy atom. The van der Waals surface area contributed by atoms with Gasteiger partial charge in [-0.1, -0.05) is 0 Å². The zero-order valence-corrected chi connectivity index (χ0v) is 21.0. The molecule has 0 bridgehead atoms. The number of carbonyl (C=O) groups excluding carboxylic acids is 2. The number of aliphatic hydroxyl groups is 1. The smallest absolute Gasteiger partial charge is 0.389 e. The van der Waals surface area contributed by atoms with Crippen molar-refractivity contribution in [2.45, 2.75) is 56.2 Å². The Bertz CT molecular complexity index is 1090. The highest BCUT2D eigenvalue weighted by atomic mass is 19.4. The second kappa shape index (κ2) is 12.1. The van der Waals surface area contributed by atoms with Crippen molar-refractivity contribution in [3.8, 4) is 0 Å². The monoisotopic (exact) mass is 539 g/mol. The number of nitrogens with zero attached hydrogens (tertiary/aromatic N) is 3. The highest BCUT2D eigenvalue weighted by molar-refractivity contribution is 5.89. The first-order chi connectivity index (χ1) is 18.1. The van der Waals surface area contributed by atoms with Gasteiger partial charge in [-0.25, -0.2) is 9.78 Å². The molecular weight excluding hydrogens is 507 g/mol. The van der Waals surface area contributed by atoms with Crippen LogP contribution in [0.15, 0.2) is 36.8 Å². The number of benzene rings is 1. The summed E-state index contributed by atoms with van der Waals surface area (Å²) in [5.74, 6) is -0.150. The van der Waals surface area contributed by atoms with Gasteiger partial charge in [-0.05, 0) is 37.1 Å². The van der Waals surface area contributed by atoms with E-state index in [4.69, 9.17) is 9.47 Å². The third-order valence-electron chi connectivity index (χ3n) is 6.58. The number of aromatic nitrogens is 2. The van der Waals surface area contributed by atoms with Crippen LogP contribution in [-0.4, -0.2) is 82.2 Å². The molecule has 4 rings (SSSR count). The number of nitrogens with one attached hydrogen (secondary N) is 2. The molecule has 208 valence electrons. The summed E-state index contributed by atoms with van der Waals surface area (Å²) in [4.78, 5) is 31.3. The van der Waals surface area contributed by atoms with Crippen molar-refractivity contribution < 1.29 is 37.3 Å². The number of halogens is 3. The number of aliphatic hydroxyl groups excluding tert-OH is 1. The number of β-amino-alcohol motifs (C(OH)–C–C–N with tert-alkyl or cyclic N) is 1. The van der Waals surface area contributed by atoms with Crippen LogP contribution in [0.3, 0.4) is 0 Å². The summed E-state index contributed by atoms with van der Waals surface area (Å²) in [6, 6.07) is 3.15.